The number of methoxy groups -OCH3 is 2. The zero-order chi connectivity index (χ0) is 26.9. The lowest BCUT2D eigenvalue weighted by molar-refractivity contribution is -0.137. The summed E-state index contributed by atoms with van der Waals surface area (Å²) in [4.78, 5) is 65.9. The summed E-state index contributed by atoms with van der Waals surface area (Å²) >= 11 is 6.88. The summed E-state index contributed by atoms with van der Waals surface area (Å²) in [6, 6.07) is 1.59. The van der Waals surface area contributed by atoms with Gasteiger partial charge in [0.15, 0.2) is 23.1 Å². The second-order valence-corrected chi connectivity index (χ2v) is 10.9. The molecule has 4 atom stereocenters. The number of rotatable bonds is 2. The van der Waals surface area contributed by atoms with Crippen molar-refractivity contribution < 1.29 is 38.6 Å². The number of carbonyl (C=O) groups excluding carboxylic acids is 5. The Bertz CT molecular complexity index is 1420. The third kappa shape index (κ3) is 3.58. The minimum atomic E-state index is -1.05. The Morgan fingerprint density at radius 3 is 2.43 bits per heavy atom. The SMILES string of the molecule is COC(=O)N1C(=O)C2CC=C3C(c4cc(OC)c(O)c(Br)c4Br)C4=C(CC3C2C1=O)C(=O)C=C(C)C4=O. The van der Waals surface area contributed by atoms with Gasteiger partial charge in [0.05, 0.1) is 30.5 Å². The number of amides is 3. The van der Waals surface area contributed by atoms with Gasteiger partial charge >= 0.3 is 6.09 Å². The average molecular weight is 635 g/mol. The first-order valence-corrected chi connectivity index (χ1v) is 13.0. The van der Waals surface area contributed by atoms with Gasteiger partial charge in [0, 0.05) is 27.1 Å². The van der Waals surface area contributed by atoms with E-state index in [0.717, 1.165) is 7.11 Å². The number of imide groups is 3. The Morgan fingerprint density at radius 2 is 1.78 bits per heavy atom. The molecule has 1 N–H and O–H groups in total. The van der Waals surface area contributed by atoms with Crippen LogP contribution in [0.1, 0.15) is 31.2 Å². The molecule has 0 saturated carbocycles. The van der Waals surface area contributed by atoms with Crippen LogP contribution in [0.25, 0.3) is 0 Å². The van der Waals surface area contributed by atoms with E-state index < -0.39 is 41.6 Å². The smallest absolute Gasteiger partial charge is 0.423 e. The van der Waals surface area contributed by atoms with E-state index in [9.17, 15) is 29.1 Å². The zero-order valence-corrected chi connectivity index (χ0v) is 23.1. The standard InChI is InChI=1S/C26H21Br2NO8/c1-9-6-15(30)13-7-12-10(4-5-11-18(12)25(34)29(24(11)33)26(35)37-3)17(19(13)22(9)31)14-8-16(36-2)23(32)21(28)20(14)27/h4,6,8,11-12,17-18,32H,5,7H2,1-3H3. The first-order valence-electron chi connectivity index (χ1n) is 11.4. The van der Waals surface area contributed by atoms with Crippen molar-refractivity contribution in [2.45, 2.75) is 25.7 Å². The molecule has 0 spiro atoms. The number of ketones is 2. The number of hydrogen-bond acceptors (Lipinski definition) is 8. The van der Waals surface area contributed by atoms with Gasteiger partial charge in [-0.05, 0) is 75.2 Å². The molecule has 9 nitrogen and oxygen atoms in total. The van der Waals surface area contributed by atoms with Crippen molar-refractivity contribution in [3.8, 4) is 11.5 Å². The fraction of sp³-hybridized carbons (Fsp3) is 0.346. The van der Waals surface area contributed by atoms with Gasteiger partial charge < -0.3 is 14.6 Å². The molecule has 5 rings (SSSR count). The average Bonchev–Trinajstić information content (AvgIpc) is 3.14. The van der Waals surface area contributed by atoms with E-state index in [1.54, 1.807) is 13.0 Å². The number of aromatic hydroxyl groups is 1. The monoisotopic (exact) mass is 633 g/mol. The molecular formula is C26H21Br2NO8. The minimum absolute atomic E-state index is 0.0786. The Labute approximate surface area is 228 Å². The molecule has 1 saturated heterocycles. The van der Waals surface area contributed by atoms with Crippen LogP contribution in [0.15, 0.2) is 49.5 Å². The van der Waals surface area contributed by atoms with Gasteiger partial charge in [-0.3, -0.25) is 19.2 Å². The van der Waals surface area contributed by atoms with Crippen LogP contribution < -0.4 is 4.74 Å². The number of phenols is 1. The first kappa shape index (κ1) is 25.6. The second kappa shape index (κ2) is 9.05. The molecule has 37 heavy (non-hydrogen) atoms. The Hall–Kier alpha value is -3.05. The molecule has 0 radical (unpaired) electrons. The number of phenolic OH excluding ortho intramolecular Hbond substituents is 1. The molecule has 192 valence electrons. The van der Waals surface area contributed by atoms with E-state index in [4.69, 9.17) is 4.74 Å². The third-order valence-electron chi connectivity index (χ3n) is 7.63. The van der Waals surface area contributed by atoms with Crippen molar-refractivity contribution in [3.63, 3.8) is 0 Å². The molecule has 1 aliphatic heterocycles. The molecule has 1 aromatic carbocycles. The Balaban J connectivity index is 1.74. The van der Waals surface area contributed by atoms with Gasteiger partial charge in [0.25, 0.3) is 0 Å². The molecule has 4 aliphatic rings. The zero-order valence-electron chi connectivity index (χ0n) is 20.0. The quantitative estimate of drug-likeness (QED) is 0.292. The Kier molecular flexibility index (Phi) is 6.26. The highest BCUT2D eigenvalue weighted by Crippen LogP contribution is 2.57. The van der Waals surface area contributed by atoms with Crippen molar-refractivity contribution in [1.29, 1.82) is 0 Å². The number of hydrogen-bond donors (Lipinski definition) is 1. The highest BCUT2D eigenvalue weighted by Gasteiger charge is 2.58. The van der Waals surface area contributed by atoms with E-state index in [2.05, 4.69) is 36.6 Å². The summed E-state index contributed by atoms with van der Waals surface area (Å²) in [7, 11) is 2.49. The van der Waals surface area contributed by atoms with Crippen LogP contribution in [0.5, 0.6) is 11.5 Å². The maximum atomic E-state index is 13.5. The summed E-state index contributed by atoms with van der Waals surface area (Å²) in [6.45, 7) is 1.58. The molecule has 0 bridgehead atoms. The van der Waals surface area contributed by atoms with Crippen LogP contribution in [0, 0.1) is 17.8 Å². The number of ether oxygens (including phenoxy) is 2. The summed E-state index contributed by atoms with van der Waals surface area (Å²) in [5, 5.41) is 10.5. The highest BCUT2D eigenvalue weighted by molar-refractivity contribution is 9.13. The van der Waals surface area contributed by atoms with E-state index in [1.165, 1.54) is 13.2 Å². The normalized spacial score (nSPS) is 26.9. The van der Waals surface area contributed by atoms with Crippen LogP contribution in [0.4, 0.5) is 4.79 Å². The molecule has 11 heteroatoms. The number of Topliss-reactive ketones (excluding diaryl/α,β-unsaturated/α-hetero) is 1. The summed E-state index contributed by atoms with van der Waals surface area (Å²) < 4.78 is 10.8. The third-order valence-corrected chi connectivity index (χ3v) is 9.79. The second-order valence-electron chi connectivity index (χ2n) is 9.36. The number of carbonyl (C=O) groups is 5. The lowest BCUT2D eigenvalue weighted by Crippen LogP contribution is -2.40. The minimum Gasteiger partial charge on any atom is -0.503 e. The predicted molar refractivity (Wildman–Crippen MR) is 136 cm³/mol. The number of allylic oxidation sites excluding steroid dienone is 6. The maximum Gasteiger partial charge on any atom is 0.423 e. The molecule has 0 aromatic heterocycles. The molecule has 3 amide bonds. The van der Waals surface area contributed by atoms with Crippen LogP contribution >= 0.6 is 31.9 Å². The van der Waals surface area contributed by atoms with Gasteiger partial charge in [0.2, 0.25) is 11.8 Å². The van der Waals surface area contributed by atoms with E-state index in [-0.39, 0.29) is 41.5 Å². The largest absolute Gasteiger partial charge is 0.503 e. The van der Waals surface area contributed by atoms with Gasteiger partial charge in [-0.15, -0.1) is 0 Å². The molecule has 1 heterocycles. The van der Waals surface area contributed by atoms with Crippen molar-refractivity contribution in [1.82, 2.24) is 4.90 Å². The van der Waals surface area contributed by atoms with E-state index >= 15 is 0 Å². The molecule has 1 fully saturated rings. The van der Waals surface area contributed by atoms with Crippen LogP contribution in [0.2, 0.25) is 0 Å². The number of nitrogens with zero attached hydrogens (tertiary/aromatic N) is 1. The van der Waals surface area contributed by atoms with Gasteiger partial charge in [0.1, 0.15) is 0 Å². The predicted octanol–water partition coefficient (Wildman–Crippen LogP) is 4.12. The van der Waals surface area contributed by atoms with Crippen LogP contribution in [-0.2, 0) is 23.9 Å². The Morgan fingerprint density at radius 1 is 1.08 bits per heavy atom. The van der Waals surface area contributed by atoms with Crippen molar-refractivity contribution in [2.24, 2.45) is 17.8 Å². The molecular weight excluding hydrogens is 614 g/mol. The first-order chi connectivity index (χ1) is 17.5. The van der Waals surface area contributed by atoms with Gasteiger partial charge in [-0.2, -0.15) is 4.90 Å². The maximum absolute atomic E-state index is 13.5. The molecule has 1 aromatic rings. The highest BCUT2D eigenvalue weighted by atomic mass is 79.9. The molecule has 4 unspecified atom stereocenters. The fourth-order valence-electron chi connectivity index (χ4n) is 5.97. The lowest BCUT2D eigenvalue weighted by atomic mass is 9.59. The van der Waals surface area contributed by atoms with Crippen molar-refractivity contribution in [2.75, 3.05) is 14.2 Å². The lowest BCUT2D eigenvalue weighted by Gasteiger charge is -2.42. The number of halogens is 2. The van der Waals surface area contributed by atoms with E-state index in [0.29, 0.717) is 36.1 Å². The van der Waals surface area contributed by atoms with Crippen molar-refractivity contribution >= 4 is 61.3 Å². The van der Waals surface area contributed by atoms with E-state index in [1.807, 2.05) is 6.08 Å². The van der Waals surface area contributed by atoms with Crippen LogP contribution in [0.3, 0.4) is 0 Å². The van der Waals surface area contributed by atoms with Crippen LogP contribution in [-0.4, -0.2) is 53.7 Å². The van der Waals surface area contributed by atoms with Gasteiger partial charge in [-0.1, -0.05) is 11.6 Å². The fourth-order valence-corrected chi connectivity index (χ4v) is 6.92. The number of benzene rings is 1. The number of likely N-dealkylation sites (tertiary alicyclic amines) is 1. The summed E-state index contributed by atoms with van der Waals surface area (Å²) in [5.41, 5.74) is 2.11. The van der Waals surface area contributed by atoms with Crippen molar-refractivity contribution in [3.05, 3.63) is 55.0 Å². The number of fused-ring (bicyclic) bond motifs is 3. The van der Waals surface area contributed by atoms with Gasteiger partial charge in [-0.25, -0.2) is 4.79 Å². The topological polar surface area (TPSA) is 127 Å². The molecule has 3 aliphatic carbocycles. The summed E-state index contributed by atoms with van der Waals surface area (Å²) in [5.74, 6) is -4.97. The summed E-state index contributed by atoms with van der Waals surface area (Å²) in [6.07, 6.45) is 2.33.